The lowest BCUT2D eigenvalue weighted by molar-refractivity contribution is 0.317. The van der Waals surface area contributed by atoms with Crippen LogP contribution in [-0.4, -0.2) is 21.9 Å². The van der Waals surface area contributed by atoms with Crippen LogP contribution in [0, 0.1) is 0 Å². The van der Waals surface area contributed by atoms with Crippen LogP contribution in [0.3, 0.4) is 0 Å². The van der Waals surface area contributed by atoms with Crippen LogP contribution >= 0.6 is 22.9 Å². The van der Waals surface area contributed by atoms with Gasteiger partial charge in [0.25, 0.3) is 0 Å². The van der Waals surface area contributed by atoms with Gasteiger partial charge in [0.05, 0.1) is 22.4 Å². The van der Waals surface area contributed by atoms with Gasteiger partial charge >= 0.3 is 0 Å². The maximum Gasteiger partial charge on any atom is 0.141 e. The first-order valence-electron chi connectivity index (χ1n) is 5.12. The highest BCUT2D eigenvalue weighted by Crippen LogP contribution is 2.22. The number of aromatic nitrogens is 2. The molecule has 6 heteroatoms. The second-order valence-corrected chi connectivity index (χ2v) is 5.61. The fraction of sp³-hybridized carbons (Fsp3) is 0.273. The standard InChI is InChI=1S/C11H13ClN4S/c1-16(7-9-2-3-10(12)17-9)6-8-4-15-11(13)5-14-8/h2-5H,6-7H2,1H3,(H2,13,15). The van der Waals surface area contributed by atoms with Crippen molar-refractivity contribution in [2.45, 2.75) is 13.1 Å². The number of rotatable bonds is 4. The zero-order valence-electron chi connectivity index (χ0n) is 9.43. The minimum absolute atomic E-state index is 0.446. The van der Waals surface area contributed by atoms with Crippen LogP contribution in [0.2, 0.25) is 4.34 Å². The molecule has 0 aromatic carbocycles. The van der Waals surface area contributed by atoms with Crippen molar-refractivity contribution in [3.8, 4) is 0 Å². The van der Waals surface area contributed by atoms with Gasteiger partial charge in [-0.1, -0.05) is 11.6 Å². The summed E-state index contributed by atoms with van der Waals surface area (Å²) in [5.74, 6) is 0.446. The fourth-order valence-electron chi connectivity index (χ4n) is 1.48. The van der Waals surface area contributed by atoms with Crippen LogP contribution in [0.5, 0.6) is 0 Å². The first-order valence-corrected chi connectivity index (χ1v) is 6.32. The number of nitrogens with zero attached hydrogens (tertiary/aromatic N) is 3. The van der Waals surface area contributed by atoms with Crippen molar-refractivity contribution in [3.05, 3.63) is 39.4 Å². The number of nitrogens with two attached hydrogens (primary N) is 1. The van der Waals surface area contributed by atoms with Gasteiger partial charge in [-0.3, -0.25) is 9.88 Å². The second kappa shape index (κ2) is 5.44. The van der Waals surface area contributed by atoms with Crippen molar-refractivity contribution in [1.82, 2.24) is 14.9 Å². The van der Waals surface area contributed by atoms with Crippen molar-refractivity contribution < 1.29 is 0 Å². The molecule has 4 nitrogen and oxygen atoms in total. The first kappa shape index (κ1) is 12.3. The molecule has 0 aliphatic rings. The van der Waals surface area contributed by atoms with Gasteiger partial charge in [0, 0.05) is 18.0 Å². The number of nitrogen functional groups attached to an aromatic ring is 1. The normalized spacial score (nSPS) is 11.0. The third-order valence-electron chi connectivity index (χ3n) is 2.21. The van der Waals surface area contributed by atoms with Gasteiger partial charge in [0.15, 0.2) is 0 Å². The smallest absolute Gasteiger partial charge is 0.141 e. The Morgan fingerprint density at radius 2 is 2.12 bits per heavy atom. The molecule has 0 unspecified atom stereocenters. The number of hydrogen-bond acceptors (Lipinski definition) is 5. The molecule has 2 N–H and O–H groups in total. The van der Waals surface area contributed by atoms with Gasteiger partial charge in [-0.2, -0.15) is 0 Å². The monoisotopic (exact) mass is 268 g/mol. The van der Waals surface area contributed by atoms with Crippen molar-refractivity contribution >= 4 is 28.8 Å². The summed E-state index contributed by atoms with van der Waals surface area (Å²) in [4.78, 5) is 11.6. The number of thiophene rings is 1. The molecule has 0 spiro atoms. The molecule has 17 heavy (non-hydrogen) atoms. The van der Waals surface area contributed by atoms with E-state index in [0.717, 1.165) is 23.1 Å². The molecule has 0 aliphatic carbocycles. The summed E-state index contributed by atoms with van der Waals surface area (Å²) in [6.07, 6.45) is 3.28. The van der Waals surface area contributed by atoms with Crippen LogP contribution in [0.4, 0.5) is 5.82 Å². The van der Waals surface area contributed by atoms with Crippen molar-refractivity contribution in [2.24, 2.45) is 0 Å². The SMILES string of the molecule is CN(Cc1cnc(N)cn1)Cc1ccc(Cl)s1. The average molecular weight is 269 g/mol. The largest absolute Gasteiger partial charge is 0.382 e. The van der Waals surface area contributed by atoms with Crippen molar-refractivity contribution in [3.63, 3.8) is 0 Å². The number of hydrogen-bond donors (Lipinski definition) is 1. The minimum atomic E-state index is 0.446. The van der Waals surface area contributed by atoms with E-state index in [4.69, 9.17) is 17.3 Å². The van der Waals surface area contributed by atoms with E-state index in [9.17, 15) is 0 Å². The molecular formula is C11H13ClN4S. The summed E-state index contributed by atoms with van der Waals surface area (Å²) in [5, 5.41) is 0. The van der Waals surface area contributed by atoms with Gasteiger partial charge in [-0.25, -0.2) is 4.98 Å². The van der Waals surface area contributed by atoms with E-state index in [2.05, 4.69) is 14.9 Å². The molecule has 90 valence electrons. The summed E-state index contributed by atoms with van der Waals surface area (Å²) >= 11 is 7.48. The molecule has 2 aromatic heterocycles. The average Bonchev–Trinajstić information content (AvgIpc) is 2.67. The fourth-order valence-corrected chi connectivity index (χ4v) is 2.65. The van der Waals surface area contributed by atoms with E-state index in [1.54, 1.807) is 23.7 Å². The molecule has 0 radical (unpaired) electrons. The lowest BCUT2D eigenvalue weighted by Crippen LogP contribution is -2.17. The highest BCUT2D eigenvalue weighted by atomic mass is 35.5. The highest BCUT2D eigenvalue weighted by molar-refractivity contribution is 7.16. The predicted octanol–water partition coefficient (Wildman–Crippen LogP) is 2.41. The van der Waals surface area contributed by atoms with Gasteiger partial charge in [0.1, 0.15) is 5.82 Å². The molecule has 0 amide bonds. The third-order valence-corrected chi connectivity index (χ3v) is 3.43. The molecule has 2 rings (SSSR count). The van der Waals surface area contributed by atoms with Crippen LogP contribution in [0.15, 0.2) is 24.5 Å². The van der Waals surface area contributed by atoms with E-state index in [1.165, 1.54) is 4.88 Å². The maximum atomic E-state index is 5.89. The summed E-state index contributed by atoms with van der Waals surface area (Å²) in [6, 6.07) is 3.95. The zero-order chi connectivity index (χ0) is 12.3. The Kier molecular flexibility index (Phi) is 3.93. The lowest BCUT2D eigenvalue weighted by atomic mass is 10.4. The van der Waals surface area contributed by atoms with E-state index >= 15 is 0 Å². The summed E-state index contributed by atoms with van der Waals surface area (Å²) in [7, 11) is 2.03. The Morgan fingerprint density at radius 1 is 1.29 bits per heavy atom. The molecule has 0 saturated heterocycles. The first-order chi connectivity index (χ1) is 8.13. The molecule has 0 fully saturated rings. The summed E-state index contributed by atoms with van der Waals surface area (Å²) in [6.45, 7) is 1.59. The van der Waals surface area contributed by atoms with Crippen molar-refractivity contribution in [2.75, 3.05) is 12.8 Å². The number of anilines is 1. The van der Waals surface area contributed by atoms with Gasteiger partial charge < -0.3 is 5.73 Å². The van der Waals surface area contributed by atoms with Crippen LogP contribution in [-0.2, 0) is 13.1 Å². The van der Waals surface area contributed by atoms with Gasteiger partial charge in [-0.05, 0) is 19.2 Å². The summed E-state index contributed by atoms with van der Waals surface area (Å²) < 4.78 is 0.820. The van der Waals surface area contributed by atoms with Gasteiger partial charge in [-0.15, -0.1) is 11.3 Å². The quantitative estimate of drug-likeness (QED) is 0.925. The maximum absolute atomic E-state index is 5.89. The Hall–Kier alpha value is -1.17. The van der Waals surface area contributed by atoms with E-state index < -0.39 is 0 Å². The van der Waals surface area contributed by atoms with Crippen molar-refractivity contribution in [1.29, 1.82) is 0 Å². The topological polar surface area (TPSA) is 55.0 Å². The molecule has 0 saturated carbocycles. The van der Waals surface area contributed by atoms with Gasteiger partial charge in [0.2, 0.25) is 0 Å². The zero-order valence-corrected chi connectivity index (χ0v) is 11.0. The Balaban J connectivity index is 1.93. The molecule has 0 atom stereocenters. The molecular weight excluding hydrogens is 256 g/mol. The lowest BCUT2D eigenvalue weighted by Gasteiger charge is -2.14. The Bertz CT molecular complexity index is 482. The van der Waals surface area contributed by atoms with Crippen LogP contribution < -0.4 is 5.73 Å². The van der Waals surface area contributed by atoms with Crippen LogP contribution in [0.25, 0.3) is 0 Å². The Labute approximate surface area is 109 Å². The minimum Gasteiger partial charge on any atom is -0.382 e. The summed E-state index contributed by atoms with van der Waals surface area (Å²) in [5.41, 5.74) is 6.39. The third kappa shape index (κ3) is 3.66. The Morgan fingerprint density at radius 3 is 2.71 bits per heavy atom. The molecule has 0 aliphatic heterocycles. The molecule has 2 aromatic rings. The second-order valence-electron chi connectivity index (χ2n) is 3.81. The predicted molar refractivity (Wildman–Crippen MR) is 70.9 cm³/mol. The van der Waals surface area contributed by atoms with E-state index in [-0.39, 0.29) is 0 Å². The molecule has 2 heterocycles. The number of halogens is 1. The van der Waals surface area contributed by atoms with E-state index in [1.807, 2.05) is 19.2 Å². The van der Waals surface area contributed by atoms with Crippen LogP contribution in [0.1, 0.15) is 10.6 Å². The molecule has 0 bridgehead atoms. The highest BCUT2D eigenvalue weighted by Gasteiger charge is 2.05. The van der Waals surface area contributed by atoms with E-state index in [0.29, 0.717) is 5.82 Å².